The lowest BCUT2D eigenvalue weighted by atomic mass is 10.0. The predicted molar refractivity (Wildman–Crippen MR) is 112 cm³/mol. The van der Waals surface area contributed by atoms with E-state index in [1.165, 1.54) is 0 Å². The van der Waals surface area contributed by atoms with E-state index >= 15 is 0 Å². The largest absolute Gasteiger partial charge is 0.495 e. The van der Waals surface area contributed by atoms with Gasteiger partial charge in [0, 0.05) is 44.2 Å². The van der Waals surface area contributed by atoms with Gasteiger partial charge >= 0.3 is 5.63 Å². The van der Waals surface area contributed by atoms with Crippen LogP contribution in [0.3, 0.4) is 0 Å². The molecule has 5 heteroatoms. The normalized spacial score (nSPS) is 15.2. The van der Waals surface area contributed by atoms with Crippen LogP contribution < -0.4 is 15.3 Å². The van der Waals surface area contributed by atoms with Crippen LogP contribution in [-0.2, 0) is 6.54 Å². The fourth-order valence-electron chi connectivity index (χ4n) is 4.18. The molecule has 0 aliphatic carbocycles. The molecule has 5 nitrogen and oxygen atoms in total. The minimum Gasteiger partial charge on any atom is -0.495 e. The van der Waals surface area contributed by atoms with Crippen LogP contribution in [0.25, 0.3) is 11.0 Å². The van der Waals surface area contributed by atoms with E-state index in [1.807, 2.05) is 31.2 Å². The first-order chi connectivity index (χ1) is 13.5. The molecule has 0 saturated carbocycles. The summed E-state index contributed by atoms with van der Waals surface area (Å²) >= 11 is 0. The zero-order chi connectivity index (χ0) is 19.7. The van der Waals surface area contributed by atoms with Crippen molar-refractivity contribution in [3.63, 3.8) is 0 Å². The highest BCUT2D eigenvalue weighted by molar-refractivity contribution is 5.84. The van der Waals surface area contributed by atoms with Gasteiger partial charge in [-0.1, -0.05) is 18.2 Å². The SMILES string of the molecule is COc1ccccc1N1CCN(Cc2cc(=O)oc3cc(C)cc(C)c23)CC1. The van der Waals surface area contributed by atoms with Crippen LogP contribution >= 0.6 is 0 Å². The summed E-state index contributed by atoms with van der Waals surface area (Å²) in [5.41, 5.74) is 4.86. The molecule has 0 unspecified atom stereocenters. The Kier molecular flexibility index (Phi) is 5.09. The van der Waals surface area contributed by atoms with Gasteiger partial charge in [-0.05, 0) is 48.7 Å². The first-order valence-electron chi connectivity index (χ1n) is 9.69. The maximum Gasteiger partial charge on any atom is 0.336 e. The quantitative estimate of drug-likeness (QED) is 0.647. The number of para-hydroxylation sites is 2. The van der Waals surface area contributed by atoms with E-state index in [-0.39, 0.29) is 5.63 Å². The molecule has 1 aliphatic heterocycles. The van der Waals surface area contributed by atoms with Crippen LogP contribution in [0.1, 0.15) is 16.7 Å². The maximum absolute atomic E-state index is 12.1. The molecule has 1 fully saturated rings. The Balaban J connectivity index is 1.53. The standard InChI is InChI=1S/C23H26N2O3/c1-16-12-17(2)23-18(14-22(26)28-21(23)13-16)15-24-8-10-25(11-9-24)19-6-4-5-7-20(19)27-3/h4-7,12-14H,8-11,15H2,1-3H3. The van der Waals surface area contributed by atoms with Gasteiger partial charge in [0.15, 0.2) is 0 Å². The van der Waals surface area contributed by atoms with Crippen LogP contribution in [0, 0.1) is 13.8 Å². The Morgan fingerprint density at radius 1 is 1.04 bits per heavy atom. The van der Waals surface area contributed by atoms with Crippen molar-refractivity contribution in [2.45, 2.75) is 20.4 Å². The van der Waals surface area contributed by atoms with E-state index < -0.39 is 0 Å². The van der Waals surface area contributed by atoms with E-state index in [0.717, 1.165) is 66.2 Å². The van der Waals surface area contributed by atoms with Gasteiger partial charge in [-0.15, -0.1) is 0 Å². The Hall–Kier alpha value is -2.79. The van der Waals surface area contributed by atoms with Crippen molar-refractivity contribution in [1.82, 2.24) is 4.90 Å². The molecule has 1 aromatic heterocycles. The fraction of sp³-hybridized carbons (Fsp3) is 0.348. The highest BCUT2D eigenvalue weighted by Crippen LogP contribution is 2.29. The molecule has 0 atom stereocenters. The number of benzene rings is 2. The third-order valence-corrected chi connectivity index (χ3v) is 5.46. The molecular formula is C23H26N2O3. The highest BCUT2D eigenvalue weighted by Gasteiger charge is 2.21. The molecule has 0 radical (unpaired) electrons. The van der Waals surface area contributed by atoms with Crippen molar-refractivity contribution in [2.24, 2.45) is 0 Å². The average molecular weight is 378 g/mol. The zero-order valence-electron chi connectivity index (χ0n) is 16.7. The number of aryl methyl sites for hydroxylation is 2. The summed E-state index contributed by atoms with van der Waals surface area (Å²) < 4.78 is 11.0. The van der Waals surface area contributed by atoms with E-state index in [1.54, 1.807) is 13.2 Å². The number of ether oxygens (including phenoxy) is 1. The molecule has 28 heavy (non-hydrogen) atoms. The molecule has 4 rings (SSSR count). The minimum absolute atomic E-state index is 0.278. The lowest BCUT2D eigenvalue weighted by Gasteiger charge is -2.36. The molecule has 1 saturated heterocycles. The van der Waals surface area contributed by atoms with Crippen LogP contribution in [-0.4, -0.2) is 38.2 Å². The number of hydrogen-bond acceptors (Lipinski definition) is 5. The molecular weight excluding hydrogens is 352 g/mol. The number of hydrogen-bond donors (Lipinski definition) is 0. The highest BCUT2D eigenvalue weighted by atomic mass is 16.5. The van der Waals surface area contributed by atoms with Crippen molar-refractivity contribution in [3.05, 3.63) is 69.6 Å². The second-order valence-corrected chi connectivity index (χ2v) is 7.48. The van der Waals surface area contributed by atoms with E-state index in [9.17, 15) is 4.79 Å². The van der Waals surface area contributed by atoms with Gasteiger partial charge in [-0.2, -0.15) is 0 Å². The Bertz CT molecular complexity index is 1050. The summed E-state index contributed by atoms with van der Waals surface area (Å²) in [6, 6.07) is 13.9. The van der Waals surface area contributed by atoms with E-state index in [2.05, 4.69) is 28.9 Å². The lowest BCUT2D eigenvalue weighted by Crippen LogP contribution is -2.46. The molecule has 2 heterocycles. The van der Waals surface area contributed by atoms with Gasteiger partial charge in [0.1, 0.15) is 11.3 Å². The van der Waals surface area contributed by atoms with Gasteiger partial charge in [0.2, 0.25) is 0 Å². The van der Waals surface area contributed by atoms with E-state index in [4.69, 9.17) is 9.15 Å². The summed E-state index contributed by atoms with van der Waals surface area (Å²) in [7, 11) is 1.71. The number of rotatable bonds is 4. The summed E-state index contributed by atoms with van der Waals surface area (Å²) in [5.74, 6) is 0.911. The summed E-state index contributed by atoms with van der Waals surface area (Å²) in [4.78, 5) is 16.8. The Labute approximate surface area is 165 Å². The van der Waals surface area contributed by atoms with Gasteiger partial charge in [0.05, 0.1) is 12.8 Å². The van der Waals surface area contributed by atoms with Crippen molar-refractivity contribution in [2.75, 3.05) is 38.2 Å². The van der Waals surface area contributed by atoms with Crippen molar-refractivity contribution >= 4 is 16.7 Å². The number of anilines is 1. The summed E-state index contributed by atoms with van der Waals surface area (Å²) in [5, 5.41) is 1.07. The minimum atomic E-state index is -0.278. The van der Waals surface area contributed by atoms with Gasteiger partial charge in [-0.25, -0.2) is 4.79 Å². The third-order valence-electron chi connectivity index (χ3n) is 5.46. The molecule has 0 spiro atoms. The average Bonchev–Trinajstić information content (AvgIpc) is 2.67. The topological polar surface area (TPSA) is 45.9 Å². The Morgan fingerprint density at radius 2 is 1.79 bits per heavy atom. The van der Waals surface area contributed by atoms with Crippen molar-refractivity contribution < 1.29 is 9.15 Å². The van der Waals surface area contributed by atoms with Gasteiger partial charge in [-0.3, -0.25) is 4.90 Å². The van der Waals surface area contributed by atoms with Crippen LogP contribution in [0.4, 0.5) is 5.69 Å². The number of nitrogens with zero attached hydrogens (tertiary/aromatic N) is 2. The smallest absolute Gasteiger partial charge is 0.336 e. The van der Waals surface area contributed by atoms with Gasteiger partial charge in [0.25, 0.3) is 0 Å². The molecule has 0 bridgehead atoms. The number of methoxy groups -OCH3 is 1. The molecule has 1 aliphatic rings. The van der Waals surface area contributed by atoms with E-state index in [0.29, 0.717) is 5.58 Å². The van der Waals surface area contributed by atoms with Crippen molar-refractivity contribution in [3.8, 4) is 5.75 Å². The number of piperazine rings is 1. The molecule has 146 valence electrons. The lowest BCUT2D eigenvalue weighted by molar-refractivity contribution is 0.249. The second kappa shape index (κ2) is 7.68. The van der Waals surface area contributed by atoms with Crippen LogP contribution in [0.15, 0.2) is 51.7 Å². The number of fused-ring (bicyclic) bond motifs is 1. The molecule has 0 N–H and O–H groups in total. The van der Waals surface area contributed by atoms with Crippen LogP contribution in [0.2, 0.25) is 0 Å². The first-order valence-corrected chi connectivity index (χ1v) is 9.69. The first kappa shape index (κ1) is 18.6. The van der Waals surface area contributed by atoms with Crippen molar-refractivity contribution in [1.29, 1.82) is 0 Å². The second-order valence-electron chi connectivity index (χ2n) is 7.48. The molecule has 0 amide bonds. The van der Waals surface area contributed by atoms with Gasteiger partial charge < -0.3 is 14.1 Å². The summed E-state index contributed by atoms with van der Waals surface area (Å²) in [6.45, 7) is 8.59. The molecule has 3 aromatic rings. The predicted octanol–water partition coefficient (Wildman–Crippen LogP) is 3.74. The van der Waals surface area contributed by atoms with Crippen LogP contribution in [0.5, 0.6) is 5.75 Å². The monoisotopic (exact) mass is 378 g/mol. The maximum atomic E-state index is 12.1. The third kappa shape index (κ3) is 3.62. The molecule has 2 aromatic carbocycles. The zero-order valence-corrected chi connectivity index (χ0v) is 16.7. The Morgan fingerprint density at radius 3 is 2.54 bits per heavy atom. The fourth-order valence-corrected chi connectivity index (χ4v) is 4.18. The summed E-state index contributed by atoms with van der Waals surface area (Å²) in [6.07, 6.45) is 0.